The van der Waals surface area contributed by atoms with E-state index >= 15 is 0 Å². The topological polar surface area (TPSA) is 162 Å². The molecular formula is C7H19N2O7P. The van der Waals surface area contributed by atoms with Gasteiger partial charge in [-0.1, -0.05) is 0 Å². The van der Waals surface area contributed by atoms with E-state index in [4.69, 9.17) is 30.5 Å². The summed E-state index contributed by atoms with van der Waals surface area (Å²) in [6.07, 6.45) is -0.598. The van der Waals surface area contributed by atoms with Crippen LogP contribution < -0.4 is 11.1 Å². The fraction of sp³-hybridized carbons (Fsp3) is 0.857. The monoisotopic (exact) mass is 274 g/mol. The number of rotatable bonds is 8. The molecule has 104 valence electrons. The molecule has 0 saturated heterocycles. The Bertz CT molecular complexity index is 228. The molecule has 0 atom stereocenters. The Morgan fingerprint density at radius 1 is 1.35 bits per heavy atom. The number of carboxylic acids is 1. The summed E-state index contributed by atoms with van der Waals surface area (Å²) >= 11 is 0. The lowest BCUT2D eigenvalue weighted by Crippen LogP contribution is -2.23. The Balaban J connectivity index is 0. The number of nitrogens with one attached hydrogen (secondary N) is 1. The second-order valence-electron chi connectivity index (χ2n) is 2.77. The number of nitrogens with two attached hydrogens (primary N) is 1. The van der Waals surface area contributed by atoms with Crippen LogP contribution in [-0.2, 0) is 14.1 Å². The summed E-state index contributed by atoms with van der Waals surface area (Å²) < 4.78 is 14.8. The van der Waals surface area contributed by atoms with Gasteiger partial charge in [-0.2, -0.15) is 0 Å². The summed E-state index contributed by atoms with van der Waals surface area (Å²) in [4.78, 5) is 26.1. The number of hydrogen-bond donors (Lipinski definition) is 6. The van der Waals surface area contributed by atoms with Crippen molar-refractivity contribution in [1.82, 2.24) is 5.32 Å². The van der Waals surface area contributed by atoms with Crippen LogP contribution in [0.5, 0.6) is 0 Å². The van der Waals surface area contributed by atoms with Crippen molar-refractivity contribution in [3.63, 3.8) is 0 Å². The van der Waals surface area contributed by atoms with Gasteiger partial charge in [-0.15, -0.1) is 0 Å². The summed E-state index contributed by atoms with van der Waals surface area (Å²) in [5, 5.41) is 18.2. The fourth-order valence-corrected chi connectivity index (χ4v) is 0.962. The van der Waals surface area contributed by atoms with E-state index < -0.39 is 26.4 Å². The number of carboxylic acid groups (broad SMARTS) is 1. The van der Waals surface area contributed by atoms with Crippen LogP contribution in [0.1, 0.15) is 0 Å². The third kappa shape index (κ3) is 25.6. The van der Waals surface area contributed by atoms with Gasteiger partial charge in [-0.05, 0) is 0 Å². The second kappa shape index (κ2) is 11.9. The van der Waals surface area contributed by atoms with Crippen molar-refractivity contribution in [2.24, 2.45) is 5.73 Å². The van der Waals surface area contributed by atoms with Gasteiger partial charge in [0.05, 0.1) is 32.7 Å². The maximum absolute atomic E-state index is 10.1. The summed E-state index contributed by atoms with van der Waals surface area (Å²) in [6.45, 7) is 1.11. The number of ether oxygens (including phenoxy) is 1. The zero-order valence-electron chi connectivity index (χ0n) is 9.28. The van der Waals surface area contributed by atoms with Crippen LogP contribution in [-0.4, -0.2) is 65.2 Å². The van der Waals surface area contributed by atoms with Gasteiger partial charge in [0, 0.05) is 6.54 Å². The summed E-state index contributed by atoms with van der Waals surface area (Å²) in [7, 11) is -4.10. The lowest BCUT2D eigenvalue weighted by atomic mass is 10.7. The van der Waals surface area contributed by atoms with Crippen LogP contribution in [0.25, 0.3) is 0 Å². The second-order valence-corrected chi connectivity index (χ2v) is 4.41. The van der Waals surface area contributed by atoms with E-state index in [0.717, 1.165) is 0 Å². The number of aliphatic hydroxyl groups is 1. The molecule has 0 aliphatic rings. The summed E-state index contributed by atoms with van der Waals surface area (Å²) in [6, 6.07) is 0. The molecule has 0 rings (SSSR count). The Morgan fingerprint density at radius 3 is 2.29 bits per heavy atom. The molecule has 0 aromatic carbocycles. The molecule has 9 nitrogen and oxygen atoms in total. The summed E-state index contributed by atoms with van der Waals surface area (Å²) in [5.74, 6) is -1.14. The predicted octanol–water partition coefficient (Wildman–Crippen LogP) is -2.25. The minimum absolute atomic E-state index is 0.0833. The average molecular weight is 274 g/mol. The lowest BCUT2D eigenvalue weighted by Gasteiger charge is -2.02. The van der Waals surface area contributed by atoms with Crippen molar-refractivity contribution in [1.29, 1.82) is 0 Å². The molecule has 0 aromatic heterocycles. The first-order valence-corrected chi connectivity index (χ1v) is 6.49. The van der Waals surface area contributed by atoms with Gasteiger partial charge in [0.15, 0.2) is 0 Å². The Hall–Kier alpha value is -0.540. The van der Waals surface area contributed by atoms with Crippen molar-refractivity contribution in [3.8, 4) is 0 Å². The van der Waals surface area contributed by atoms with Crippen molar-refractivity contribution in [2.75, 3.05) is 39.2 Å². The zero-order chi connectivity index (χ0) is 13.7. The lowest BCUT2D eigenvalue weighted by molar-refractivity contribution is -0.135. The van der Waals surface area contributed by atoms with Gasteiger partial charge >= 0.3 is 13.6 Å². The standard InChI is InChI=1S/C4H11NO2.C3H8NO5P/c5-1-3-7-4-2-6;5-3(6)1-4-2-10(7,8)9/h6H,1-5H2;4H,1-2H2,(H,5,6)(H2,7,8,9). The molecule has 10 heteroatoms. The van der Waals surface area contributed by atoms with E-state index in [1.165, 1.54) is 0 Å². The molecule has 0 amide bonds. The first kappa shape index (κ1) is 18.8. The van der Waals surface area contributed by atoms with Crippen molar-refractivity contribution < 1.29 is 34.1 Å². The van der Waals surface area contributed by atoms with E-state index in [2.05, 4.69) is 5.32 Å². The van der Waals surface area contributed by atoms with Gasteiger partial charge in [-0.3, -0.25) is 14.7 Å². The van der Waals surface area contributed by atoms with Gasteiger partial charge in [0.2, 0.25) is 0 Å². The third-order valence-corrected chi connectivity index (χ3v) is 1.73. The summed E-state index contributed by atoms with van der Waals surface area (Å²) in [5.41, 5.74) is 5.06. The van der Waals surface area contributed by atoms with Gasteiger partial charge in [0.1, 0.15) is 0 Å². The highest BCUT2D eigenvalue weighted by atomic mass is 31.2. The maximum Gasteiger partial charge on any atom is 0.339 e. The fourth-order valence-electron chi connectivity index (χ4n) is 0.558. The van der Waals surface area contributed by atoms with Crippen LogP contribution in [0.15, 0.2) is 0 Å². The Morgan fingerprint density at radius 2 is 1.94 bits per heavy atom. The number of hydrogen-bond acceptors (Lipinski definition) is 6. The highest BCUT2D eigenvalue weighted by Crippen LogP contribution is 2.31. The highest BCUT2D eigenvalue weighted by Gasteiger charge is 2.11. The highest BCUT2D eigenvalue weighted by molar-refractivity contribution is 7.51. The first-order chi connectivity index (χ1) is 7.83. The third-order valence-electron chi connectivity index (χ3n) is 1.09. The number of carbonyl (C=O) groups is 1. The normalized spacial score (nSPS) is 10.6. The van der Waals surface area contributed by atoms with E-state index in [0.29, 0.717) is 19.8 Å². The molecule has 0 aromatic rings. The van der Waals surface area contributed by atoms with Crippen LogP contribution in [0.4, 0.5) is 0 Å². The van der Waals surface area contributed by atoms with Crippen LogP contribution in [0, 0.1) is 0 Å². The Labute approximate surface area is 98.7 Å². The van der Waals surface area contributed by atoms with Gasteiger partial charge in [0.25, 0.3) is 0 Å². The van der Waals surface area contributed by atoms with Crippen molar-refractivity contribution >= 4 is 13.6 Å². The first-order valence-electron chi connectivity index (χ1n) is 4.69. The molecule has 17 heavy (non-hydrogen) atoms. The molecule has 7 N–H and O–H groups in total. The molecular weight excluding hydrogens is 255 g/mol. The van der Waals surface area contributed by atoms with Crippen LogP contribution in [0.3, 0.4) is 0 Å². The molecule has 0 spiro atoms. The van der Waals surface area contributed by atoms with E-state index in [-0.39, 0.29) is 6.61 Å². The maximum atomic E-state index is 10.1. The van der Waals surface area contributed by atoms with Crippen LogP contribution in [0.2, 0.25) is 0 Å². The SMILES string of the molecule is NCCOCCO.O=C(O)CNCP(=O)(O)O. The van der Waals surface area contributed by atoms with Crippen LogP contribution >= 0.6 is 7.60 Å². The van der Waals surface area contributed by atoms with Crippen molar-refractivity contribution in [2.45, 2.75) is 0 Å². The van der Waals surface area contributed by atoms with Crippen molar-refractivity contribution in [3.05, 3.63) is 0 Å². The minimum Gasteiger partial charge on any atom is -0.480 e. The molecule has 0 fully saturated rings. The molecule has 0 radical (unpaired) electrons. The quantitative estimate of drug-likeness (QED) is 0.212. The number of aliphatic hydroxyl groups excluding tert-OH is 1. The predicted molar refractivity (Wildman–Crippen MR) is 59.5 cm³/mol. The molecule has 0 unspecified atom stereocenters. The molecule has 0 aliphatic carbocycles. The zero-order valence-corrected chi connectivity index (χ0v) is 10.2. The smallest absolute Gasteiger partial charge is 0.339 e. The van der Waals surface area contributed by atoms with E-state index in [1.54, 1.807) is 0 Å². The average Bonchev–Trinajstić information content (AvgIpc) is 2.17. The molecule has 0 bridgehead atoms. The van der Waals surface area contributed by atoms with Gasteiger partial charge < -0.3 is 30.5 Å². The van der Waals surface area contributed by atoms with E-state index in [9.17, 15) is 9.36 Å². The minimum atomic E-state index is -4.10. The number of aliphatic carboxylic acids is 1. The molecule has 0 saturated carbocycles. The molecule has 0 aliphatic heterocycles. The largest absolute Gasteiger partial charge is 0.480 e. The van der Waals surface area contributed by atoms with Gasteiger partial charge in [-0.25, -0.2) is 0 Å². The molecule has 0 heterocycles. The van der Waals surface area contributed by atoms with E-state index in [1.807, 2.05) is 0 Å². The Kier molecular flexibility index (Phi) is 13.2.